The maximum absolute atomic E-state index is 15.1. The Hall–Kier alpha value is -3.68. The van der Waals surface area contributed by atoms with Crippen LogP contribution in [0, 0.1) is 5.82 Å². The fourth-order valence-electron chi connectivity index (χ4n) is 5.44. The van der Waals surface area contributed by atoms with Gasteiger partial charge in [0.1, 0.15) is 22.9 Å². The standard InChI is InChI=1S/C28H37F4N7O3/c1-4-39-11-9-17(10-12-39)35-26(41)18-13-24(42-3)23(14-20(18)29)37-27-33-15-19(28(30,31)32)25(38-27)36-22-8-6-5-7-21(22)34-16(2)40/h13-15,17,21-22H,4-12H2,1-3H3,(H,34,40)(H,35,41)(H2,33,36,37,38)/t21-,22-/m1/s1. The predicted molar refractivity (Wildman–Crippen MR) is 149 cm³/mol. The quantitative estimate of drug-likeness (QED) is 0.314. The molecular formula is C28H37F4N7O3. The first-order valence-electron chi connectivity index (χ1n) is 14.1. The van der Waals surface area contributed by atoms with Gasteiger partial charge in [-0.1, -0.05) is 19.8 Å². The lowest BCUT2D eigenvalue weighted by Gasteiger charge is -2.33. The SMILES string of the molecule is CCN1CCC(NC(=O)c2cc(OC)c(Nc3ncc(C(F)(F)F)c(N[C@@H]4CCCC[C@H]4NC(C)=O)n3)cc2F)CC1. The third-order valence-electron chi connectivity index (χ3n) is 7.72. The van der Waals surface area contributed by atoms with Gasteiger partial charge in [-0.25, -0.2) is 9.37 Å². The second-order valence-corrected chi connectivity index (χ2v) is 10.6. The number of rotatable bonds is 9. The number of benzene rings is 1. The largest absolute Gasteiger partial charge is 0.495 e. The van der Waals surface area contributed by atoms with Gasteiger partial charge >= 0.3 is 6.18 Å². The molecule has 2 heterocycles. The van der Waals surface area contributed by atoms with Gasteiger partial charge in [0.25, 0.3) is 5.91 Å². The summed E-state index contributed by atoms with van der Waals surface area (Å²) in [5.74, 6) is -2.32. The van der Waals surface area contributed by atoms with Crippen LogP contribution in [0.3, 0.4) is 0 Å². The molecule has 1 aromatic heterocycles. The molecule has 10 nitrogen and oxygen atoms in total. The van der Waals surface area contributed by atoms with E-state index in [9.17, 15) is 22.8 Å². The van der Waals surface area contributed by atoms with Gasteiger partial charge in [0, 0.05) is 50.4 Å². The number of halogens is 4. The zero-order chi connectivity index (χ0) is 30.4. The van der Waals surface area contributed by atoms with Crippen molar-refractivity contribution in [1.82, 2.24) is 25.5 Å². The minimum absolute atomic E-state index is 0.0299. The number of likely N-dealkylation sites (tertiary alicyclic amines) is 1. The summed E-state index contributed by atoms with van der Waals surface area (Å²) >= 11 is 0. The maximum Gasteiger partial charge on any atom is 0.421 e. The van der Waals surface area contributed by atoms with Crippen molar-refractivity contribution in [2.24, 2.45) is 0 Å². The number of hydrogen-bond donors (Lipinski definition) is 4. The Morgan fingerprint density at radius 1 is 1.07 bits per heavy atom. The summed E-state index contributed by atoms with van der Waals surface area (Å²) < 4.78 is 62.0. The number of carbonyl (C=O) groups is 2. The molecule has 14 heteroatoms. The number of carbonyl (C=O) groups excluding carboxylic acids is 2. The first-order chi connectivity index (χ1) is 20.0. The molecule has 1 aliphatic carbocycles. The summed E-state index contributed by atoms with van der Waals surface area (Å²) in [6.45, 7) is 6.04. The van der Waals surface area contributed by atoms with Crippen LogP contribution >= 0.6 is 0 Å². The van der Waals surface area contributed by atoms with Crippen molar-refractivity contribution in [3.63, 3.8) is 0 Å². The third-order valence-corrected chi connectivity index (χ3v) is 7.72. The highest BCUT2D eigenvalue weighted by Crippen LogP contribution is 2.36. The summed E-state index contributed by atoms with van der Waals surface area (Å²) in [6, 6.07) is 1.33. The maximum atomic E-state index is 15.1. The number of alkyl halides is 3. The van der Waals surface area contributed by atoms with Crippen LogP contribution in [0.5, 0.6) is 5.75 Å². The Labute approximate surface area is 242 Å². The lowest BCUT2D eigenvalue weighted by Crippen LogP contribution is -2.48. The van der Waals surface area contributed by atoms with E-state index >= 15 is 4.39 Å². The molecule has 2 amide bonds. The second kappa shape index (κ2) is 13.5. The molecule has 4 N–H and O–H groups in total. The monoisotopic (exact) mass is 595 g/mol. The molecule has 1 aromatic carbocycles. The summed E-state index contributed by atoms with van der Waals surface area (Å²) in [6.07, 6.45) is 0.173. The lowest BCUT2D eigenvalue weighted by molar-refractivity contribution is -0.137. The van der Waals surface area contributed by atoms with Crippen molar-refractivity contribution in [2.75, 3.05) is 37.4 Å². The third kappa shape index (κ3) is 7.78. The zero-order valence-corrected chi connectivity index (χ0v) is 23.9. The highest BCUT2D eigenvalue weighted by atomic mass is 19.4. The average Bonchev–Trinajstić information content (AvgIpc) is 2.94. The number of ether oxygens (including phenoxy) is 1. The molecule has 2 fully saturated rings. The summed E-state index contributed by atoms with van der Waals surface area (Å²) in [7, 11) is 1.33. The van der Waals surface area contributed by atoms with Crippen LogP contribution in [-0.2, 0) is 11.0 Å². The van der Waals surface area contributed by atoms with E-state index in [-0.39, 0.29) is 40.9 Å². The van der Waals surface area contributed by atoms with Crippen molar-refractivity contribution >= 4 is 29.3 Å². The number of anilines is 3. The molecule has 0 radical (unpaired) electrons. The molecule has 0 bridgehead atoms. The van der Waals surface area contributed by atoms with Crippen LogP contribution in [0.25, 0.3) is 0 Å². The molecule has 42 heavy (non-hydrogen) atoms. The number of piperidine rings is 1. The zero-order valence-electron chi connectivity index (χ0n) is 23.9. The highest BCUT2D eigenvalue weighted by Gasteiger charge is 2.37. The minimum Gasteiger partial charge on any atom is -0.495 e. The molecule has 1 aliphatic heterocycles. The van der Waals surface area contributed by atoms with Crippen LogP contribution in [0.15, 0.2) is 18.3 Å². The Bertz CT molecular complexity index is 1270. The molecule has 2 aromatic rings. The van der Waals surface area contributed by atoms with Gasteiger partial charge in [-0.15, -0.1) is 0 Å². The van der Waals surface area contributed by atoms with E-state index in [1.807, 2.05) is 0 Å². The van der Waals surface area contributed by atoms with E-state index < -0.39 is 35.3 Å². The minimum atomic E-state index is -4.75. The molecule has 1 saturated heterocycles. The van der Waals surface area contributed by atoms with Crippen molar-refractivity contribution in [1.29, 1.82) is 0 Å². The highest BCUT2D eigenvalue weighted by molar-refractivity contribution is 5.96. The molecule has 2 atom stereocenters. The van der Waals surface area contributed by atoms with Gasteiger partial charge in [-0.05, 0) is 38.3 Å². The van der Waals surface area contributed by atoms with Gasteiger partial charge < -0.3 is 30.9 Å². The van der Waals surface area contributed by atoms with Gasteiger partial charge in [-0.2, -0.15) is 18.2 Å². The van der Waals surface area contributed by atoms with Crippen LogP contribution in [-0.4, -0.2) is 71.6 Å². The summed E-state index contributed by atoms with van der Waals surface area (Å²) in [5.41, 5.74) is -1.26. The van der Waals surface area contributed by atoms with Gasteiger partial charge in [0.05, 0.1) is 18.4 Å². The van der Waals surface area contributed by atoms with Crippen molar-refractivity contribution in [2.45, 2.75) is 76.7 Å². The van der Waals surface area contributed by atoms with Crippen LogP contribution in [0.2, 0.25) is 0 Å². The first kappa shape index (κ1) is 31.3. The van der Waals surface area contributed by atoms with Crippen molar-refractivity contribution < 1.29 is 31.9 Å². The van der Waals surface area contributed by atoms with E-state index in [2.05, 4.69) is 43.1 Å². The fraction of sp³-hybridized carbons (Fsp3) is 0.571. The summed E-state index contributed by atoms with van der Waals surface area (Å²) in [5, 5.41) is 11.3. The number of nitrogens with one attached hydrogen (secondary N) is 4. The smallest absolute Gasteiger partial charge is 0.421 e. The summed E-state index contributed by atoms with van der Waals surface area (Å²) in [4.78, 5) is 34.7. The van der Waals surface area contributed by atoms with E-state index in [1.165, 1.54) is 20.1 Å². The molecule has 0 unspecified atom stereocenters. The number of amides is 2. The molecule has 0 spiro atoms. The fourth-order valence-corrected chi connectivity index (χ4v) is 5.44. The normalized spacial score (nSPS) is 20.1. The predicted octanol–water partition coefficient (Wildman–Crippen LogP) is 4.46. The first-order valence-corrected chi connectivity index (χ1v) is 14.1. The Kier molecular flexibility index (Phi) is 10.1. The molecule has 4 rings (SSSR count). The lowest BCUT2D eigenvalue weighted by atomic mass is 9.90. The Morgan fingerprint density at radius 2 is 1.76 bits per heavy atom. The molecule has 230 valence electrons. The van der Waals surface area contributed by atoms with Crippen LogP contribution < -0.4 is 26.0 Å². The van der Waals surface area contributed by atoms with Crippen molar-refractivity contribution in [3.8, 4) is 5.75 Å². The van der Waals surface area contributed by atoms with Crippen molar-refractivity contribution in [3.05, 3.63) is 35.3 Å². The molecular weight excluding hydrogens is 558 g/mol. The van der Waals surface area contributed by atoms with Gasteiger partial charge in [0.2, 0.25) is 11.9 Å². The Balaban J connectivity index is 1.55. The number of nitrogens with zero attached hydrogens (tertiary/aromatic N) is 3. The average molecular weight is 596 g/mol. The van der Waals surface area contributed by atoms with E-state index in [4.69, 9.17) is 4.74 Å². The van der Waals surface area contributed by atoms with E-state index in [0.717, 1.165) is 51.4 Å². The van der Waals surface area contributed by atoms with Crippen LogP contribution in [0.1, 0.15) is 68.3 Å². The number of aromatic nitrogens is 2. The van der Waals surface area contributed by atoms with Gasteiger partial charge in [-0.3, -0.25) is 9.59 Å². The van der Waals surface area contributed by atoms with E-state index in [0.29, 0.717) is 19.0 Å². The number of methoxy groups -OCH3 is 1. The Morgan fingerprint density at radius 3 is 2.38 bits per heavy atom. The topological polar surface area (TPSA) is 121 Å². The van der Waals surface area contributed by atoms with Gasteiger partial charge in [0.15, 0.2) is 0 Å². The number of hydrogen-bond acceptors (Lipinski definition) is 8. The molecule has 2 aliphatic rings. The van der Waals surface area contributed by atoms with E-state index in [1.54, 1.807) is 0 Å². The second-order valence-electron chi connectivity index (χ2n) is 10.6. The van der Waals surface area contributed by atoms with Crippen LogP contribution in [0.4, 0.5) is 35.0 Å². The molecule has 1 saturated carbocycles.